The lowest BCUT2D eigenvalue weighted by Gasteiger charge is -2.34. The topological polar surface area (TPSA) is 85.6 Å². The molecule has 2 atom stereocenters. The van der Waals surface area contributed by atoms with Gasteiger partial charge in [-0.1, -0.05) is 6.07 Å². The van der Waals surface area contributed by atoms with E-state index in [9.17, 15) is 13.2 Å². The number of ether oxygens (including phenoxy) is 2. The molecule has 1 aliphatic rings. The SMILES string of the molecule is COc1ccc(C2CC(C(F)(F)F)n3ncc(C)c3N2)cc1OC.O=CO. The summed E-state index contributed by atoms with van der Waals surface area (Å²) < 4.78 is 51.8. The molecule has 2 unspecified atom stereocenters. The first-order valence-electron chi connectivity index (χ1n) is 7.93. The van der Waals surface area contributed by atoms with E-state index in [2.05, 4.69) is 10.4 Å². The maximum absolute atomic E-state index is 13.4. The standard InChI is InChI=1S/C16H18F3N3O2.CH2O2/c1-9-8-20-22-14(16(17,18)19)7-11(21-15(9)22)10-4-5-12(23-2)13(6-10)24-3;2-1-3/h4-6,8,11,14,21H,7H2,1-3H3;1H,(H,2,3). The van der Waals surface area contributed by atoms with Crippen molar-refractivity contribution in [2.24, 2.45) is 0 Å². The Bertz CT molecular complexity index is 792. The van der Waals surface area contributed by atoms with Gasteiger partial charge in [0.05, 0.1) is 26.5 Å². The Morgan fingerprint density at radius 2 is 1.93 bits per heavy atom. The Morgan fingerprint density at radius 1 is 1.30 bits per heavy atom. The molecule has 0 spiro atoms. The van der Waals surface area contributed by atoms with Crippen molar-refractivity contribution in [2.45, 2.75) is 31.6 Å². The van der Waals surface area contributed by atoms with Gasteiger partial charge in [0.25, 0.3) is 6.47 Å². The number of hydrogen-bond donors (Lipinski definition) is 2. The Labute approximate surface area is 153 Å². The van der Waals surface area contributed by atoms with E-state index in [1.165, 1.54) is 20.4 Å². The lowest BCUT2D eigenvalue weighted by molar-refractivity contribution is -0.173. The number of methoxy groups -OCH3 is 2. The molecule has 2 heterocycles. The average molecular weight is 387 g/mol. The number of benzene rings is 1. The van der Waals surface area contributed by atoms with Crippen molar-refractivity contribution < 1.29 is 32.5 Å². The van der Waals surface area contributed by atoms with E-state index in [1.54, 1.807) is 25.1 Å². The summed E-state index contributed by atoms with van der Waals surface area (Å²) in [6.07, 6.45) is -3.07. The van der Waals surface area contributed by atoms with Crippen LogP contribution in [0.2, 0.25) is 0 Å². The zero-order chi connectivity index (χ0) is 20.2. The van der Waals surface area contributed by atoms with Crippen molar-refractivity contribution in [3.8, 4) is 11.5 Å². The van der Waals surface area contributed by atoms with Gasteiger partial charge in [-0.05, 0) is 24.6 Å². The molecule has 0 amide bonds. The molecule has 0 fully saturated rings. The normalized spacial score (nSPS) is 18.4. The number of nitrogens with zero attached hydrogens (tertiary/aromatic N) is 2. The van der Waals surface area contributed by atoms with Crippen LogP contribution in [0, 0.1) is 6.92 Å². The van der Waals surface area contributed by atoms with Gasteiger partial charge in [0.1, 0.15) is 5.82 Å². The first-order chi connectivity index (χ1) is 12.8. The minimum Gasteiger partial charge on any atom is -0.493 e. The molecule has 1 aromatic heterocycles. The van der Waals surface area contributed by atoms with E-state index in [0.717, 1.165) is 4.68 Å². The van der Waals surface area contributed by atoms with E-state index in [1.807, 2.05) is 0 Å². The highest BCUT2D eigenvalue weighted by Gasteiger charge is 2.46. The molecule has 7 nitrogen and oxygen atoms in total. The van der Waals surface area contributed by atoms with E-state index < -0.39 is 18.3 Å². The monoisotopic (exact) mass is 387 g/mol. The van der Waals surface area contributed by atoms with Gasteiger partial charge in [-0.3, -0.25) is 4.79 Å². The Hall–Kier alpha value is -2.91. The minimum atomic E-state index is -4.37. The molecule has 0 radical (unpaired) electrons. The van der Waals surface area contributed by atoms with Crippen LogP contribution in [-0.4, -0.2) is 41.8 Å². The van der Waals surface area contributed by atoms with Crippen LogP contribution >= 0.6 is 0 Å². The molecule has 2 N–H and O–H groups in total. The number of fused-ring (bicyclic) bond motifs is 1. The molecule has 0 saturated carbocycles. The lowest BCUT2D eigenvalue weighted by atomic mass is 9.96. The smallest absolute Gasteiger partial charge is 0.410 e. The van der Waals surface area contributed by atoms with Gasteiger partial charge in [-0.15, -0.1) is 0 Å². The van der Waals surface area contributed by atoms with Crippen LogP contribution in [0.1, 0.15) is 29.6 Å². The molecule has 1 aromatic carbocycles. The molecule has 0 aliphatic carbocycles. The molecule has 10 heteroatoms. The summed E-state index contributed by atoms with van der Waals surface area (Å²) in [5.74, 6) is 1.41. The number of anilines is 1. The molecule has 3 rings (SSSR count). The number of rotatable bonds is 3. The fraction of sp³-hybridized carbons (Fsp3) is 0.412. The Kier molecular flexibility index (Phi) is 6.19. The van der Waals surface area contributed by atoms with E-state index >= 15 is 0 Å². The number of aryl methyl sites for hydroxylation is 1. The summed E-state index contributed by atoms with van der Waals surface area (Å²) >= 11 is 0. The van der Waals surface area contributed by atoms with E-state index in [0.29, 0.717) is 28.4 Å². The van der Waals surface area contributed by atoms with Gasteiger partial charge in [-0.25, -0.2) is 4.68 Å². The highest BCUT2D eigenvalue weighted by atomic mass is 19.4. The highest BCUT2D eigenvalue weighted by molar-refractivity contribution is 5.50. The average Bonchev–Trinajstić information content (AvgIpc) is 3.01. The molecule has 0 saturated heterocycles. The molecule has 1 aliphatic heterocycles. The largest absolute Gasteiger partial charge is 0.493 e. The van der Waals surface area contributed by atoms with Crippen molar-refractivity contribution >= 4 is 12.3 Å². The number of aromatic nitrogens is 2. The van der Waals surface area contributed by atoms with Crippen molar-refractivity contribution in [2.75, 3.05) is 19.5 Å². The van der Waals surface area contributed by atoms with Crippen molar-refractivity contribution in [1.82, 2.24) is 9.78 Å². The minimum absolute atomic E-state index is 0.146. The fourth-order valence-electron chi connectivity index (χ4n) is 2.97. The number of nitrogens with one attached hydrogen (secondary N) is 1. The highest BCUT2D eigenvalue weighted by Crippen LogP contribution is 2.45. The number of carbonyl (C=O) groups is 1. The van der Waals surface area contributed by atoms with Crippen LogP contribution in [0.3, 0.4) is 0 Å². The van der Waals surface area contributed by atoms with Gasteiger partial charge in [-0.2, -0.15) is 18.3 Å². The third-order valence-corrected chi connectivity index (χ3v) is 4.23. The first kappa shape index (κ1) is 20.4. The molecule has 0 bridgehead atoms. The molecule has 148 valence electrons. The van der Waals surface area contributed by atoms with Gasteiger partial charge in [0.15, 0.2) is 17.5 Å². The summed E-state index contributed by atoms with van der Waals surface area (Å²) in [5, 5.41) is 13.9. The zero-order valence-corrected chi connectivity index (χ0v) is 14.9. The quantitative estimate of drug-likeness (QED) is 0.784. The zero-order valence-electron chi connectivity index (χ0n) is 14.9. The maximum atomic E-state index is 13.4. The number of hydrogen-bond acceptors (Lipinski definition) is 5. The predicted molar refractivity (Wildman–Crippen MR) is 91.3 cm³/mol. The molecular formula is C17H20F3N3O4. The second kappa shape index (κ2) is 8.19. The van der Waals surface area contributed by atoms with Crippen LogP contribution in [0.15, 0.2) is 24.4 Å². The second-order valence-corrected chi connectivity index (χ2v) is 5.83. The van der Waals surface area contributed by atoms with Gasteiger partial charge in [0.2, 0.25) is 0 Å². The number of alkyl halides is 3. The van der Waals surface area contributed by atoms with Crippen LogP contribution in [-0.2, 0) is 4.79 Å². The second-order valence-electron chi connectivity index (χ2n) is 5.83. The van der Waals surface area contributed by atoms with Crippen molar-refractivity contribution in [3.63, 3.8) is 0 Å². The van der Waals surface area contributed by atoms with Gasteiger partial charge >= 0.3 is 6.18 Å². The number of carboxylic acid groups (broad SMARTS) is 1. The molecular weight excluding hydrogens is 367 g/mol. The van der Waals surface area contributed by atoms with E-state index in [-0.39, 0.29) is 12.9 Å². The third-order valence-electron chi connectivity index (χ3n) is 4.23. The Morgan fingerprint density at radius 3 is 2.48 bits per heavy atom. The summed E-state index contributed by atoms with van der Waals surface area (Å²) in [4.78, 5) is 8.36. The first-order valence-corrected chi connectivity index (χ1v) is 7.93. The maximum Gasteiger partial charge on any atom is 0.410 e. The summed E-state index contributed by atoms with van der Waals surface area (Å²) in [7, 11) is 3.01. The molecule has 27 heavy (non-hydrogen) atoms. The lowest BCUT2D eigenvalue weighted by Crippen LogP contribution is -2.35. The summed E-state index contributed by atoms with van der Waals surface area (Å²) in [6.45, 7) is 1.48. The fourth-order valence-corrected chi connectivity index (χ4v) is 2.97. The predicted octanol–water partition coefficient (Wildman–Crippen LogP) is 3.57. The van der Waals surface area contributed by atoms with Crippen molar-refractivity contribution in [3.05, 3.63) is 35.5 Å². The van der Waals surface area contributed by atoms with Crippen LogP contribution in [0.4, 0.5) is 19.0 Å². The van der Waals surface area contributed by atoms with Crippen LogP contribution < -0.4 is 14.8 Å². The van der Waals surface area contributed by atoms with Gasteiger partial charge < -0.3 is 19.9 Å². The third kappa shape index (κ3) is 4.26. The summed E-state index contributed by atoms with van der Waals surface area (Å²) in [5.41, 5.74) is 1.38. The van der Waals surface area contributed by atoms with Crippen LogP contribution in [0.5, 0.6) is 11.5 Å². The van der Waals surface area contributed by atoms with Crippen molar-refractivity contribution in [1.29, 1.82) is 0 Å². The number of halogens is 3. The van der Waals surface area contributed by atoms with Crippen LogP contribution in [0.25, 0.3) is 0 Å². The van der Waals surface area contributed by atoms with Gasteiger partial charge in [0, 0.05) is 12.0 Å². The Balaban J connectivity index is 0.000000817. The summed E-state index contributed by atoms with van der Waals surface area (Å²) in [6, 6.07) is 2.97. The van der Waals surface area contributed by atoms with E-state index in [4.69, 9.17) is 19.4 Å². The molecule has 2 aromatic rings.